The van der Waals surface area contributed by atoms with Crippen LogP contribution >= 0.6 is 15.9 Å². The van der Waals surface area contributed by atoms with Crippen molar-refractivity contribution in [2.75, 3.05) is 4.72 Å². The predicted molar refractivity (Wildman–Crippen MR) is 55.9 cm³/mol. The van der Waals surface area contributed by atoms with Crippen LogP contribution < -0.4 is 4.72 Å². The Bertz CT molecular complexity index is 569. The van der Waals surface area contributed by atoms with Gasteiger partial charge in [-0.05, 0) is 15.9 Å². The molecule has 0 aliphatic carbocycles. The number of halogens is 1. The van der Waals surface area contributed by atoms with Crippen LogP contribution in [0.2, 0.25) is 0 Å². The third kappa shape index (κ3) is 1.90. The fourth-order valence-corrected chi connectivity index (χ4v) is 3.10. The monoisotopic (exact) mass is 307 g/mol. The normalized spacial score (nSPS) is 11.6. The Morgan fingerprint density at radius 1 is 1.56 bits per heavy atom. The van der Waals surface area contributed by atoms with Gasteiger partial charge in [0.1, 0.15) is 6.33 Å². The van der Waals surface area contributed by atoms with Crippen molar-refractivity contribution in [3.63, 3.8) is 0 Å². The molecule has 86 valence electrons. The van der Waals surface area contributed by atoms with E-state index >= 15 is 0 Å². The standard InChI is InChI=1S/C5H6BrN7O2S/c1-13-4(3(6)9-12-13)16(14,15)11-5-7-2-8-10-5/h2H,1H3,(H2,7,8,10,11). The summed E-state index contributed by atoms with van der Waals surface area (Å²) in [6, 6.07) is 0. The van der Waals surface area contributed by atoms with Crippen LogP contribution in [0.5, 0.6) is 0 Å². The molecule has 0 bridgehead atoms. The van der Waals surface area contributed by atoms with Crippen molar-refractivity contribution >= 4 is 31.9 Å². The molecule has 0 aliphatic heterocycles. The van der Waals surface area contributed by atoms with Gasteiger partial charge in [-0.25, -0.2) is 14.5 Å². The molecule has 2 aromatic rings. The number of hydrogen-bond acceptors (Lipinski definition) is 6. The fraction of sp³-hybridized carbons (Fsp3) is 0.200. The van der Waals surface area contributed by atoms with E-state index in [-0.39, 0.29) is 15.6 Å². The van der Waals surface area contributed by atoms with E-state index in [1.807, 2.05) is 0 Å². The summed E-state index contributed by atoms with van der Waals surface area (Å²) in [5, 5.41) is 12.9. The van der Waals surface area contributed by atoms with E-state index < -0.39 is 10.0 Å². The molecule has 0 atom stereocenters. The molecule has 2 rings (SSSR count). The highest BCUT2D eigenvalue weighted by atomic mass is 79.9. The zero-order valence-electron chi connectivity index (χ0n) is 7.92. The molecule has 0 aliphatic rings. The Hall–Kier alpha value is -1.49. The molecule has 0 radical (unpaired) electrons. The first-order chi connectivity index (χ1) is 7.50. The van der Waals surface area contributed by atoms with E-state index in [4.69, 9.17) is 0 Å². The van der Waals surface area contributed by atoms with Crippen LogP contribution in [-0.2, 0) is 17.1 Å². The molecule has 0 aromatic carbocycles. The number of anilines is 1. The zero-order chi connectivity index (χ0) is 11.8. The third-order valence-electron chi connectivity index (χ3n) is 1.64. The summed E-state index contributed by atoms with van der Waals surface area (Å²) >= 11 is 3.00. The molecule has 0 unspecified atom stereocenters. The van der Waals surface area contributed by atoms with Crippen molar-refractivity contribution in [3.05, 3.63) is 10.9 Å². The van der Waals surface area contributed by atoms with Gasteiger partial charge in [-0.1, -0.05) is 5.21 Å². The second kappa shape index (κ2) is 3.83. The predicted octanol–water partition coefficient (Wildman–Crippen LogP) is -0.504. The van der Waals surface area contributed by atoms with E-state index in [9.17, 15) is 8.42 Å². The van der Waals surface area contributed by atoms with Crippen LogP contribution in [0.15, 0.2) is 16.0 Å². The van der Waals surface area contributed by atoms with Gasteiger partial charge in [0, 0.05) is 7.05 Å². The summed E-state index contributed by atoms with van der Waals surface area (Å²) in [7, 11) is -2.33. The van der Waals surface area contributed by atoms with Crippen LogP contribution in [0.25, 0.3) is 0 Å². The van der Waals surface area contributed by atoms with Gasteiger partial charge in [0.15, 0.2) is 4.60 Å². The summed E-state index contributed by atoms with van der Waals surface area (Å²) in [6.45, 7) is 0. The highest BCUT2D eigenvalue weighted by Crippen LogP contribution is 2.19. The summed E-state index contributed by atoms with van der Waals surface area (Å²) in [5.41, 5.74) is 0. The lowest BCUT2D eigenvalue weighted by Gasteiger charge is -2.04. The first kappa shape index (κ1) is 11.0. The van der Waals surface area contributed by atoms with Gasteiger partial charge in [0.25, 0.3) is 10.0 Å². The van der Waals surface area contributed by atoms with E-state index in [1.54, 1.807) is 0 Å². The molecule has 2 N–H and O–H groups in total. The van der Waals surface area contributed by atoms with Crippen LogP contribution in [0, 0.1) is 0 Å². The summed E-state index contributed by atoms with van der Waals surface area (Å²) in [4.78, 5) is 3.65. The van der Waals surface area contributed by atoms with Crippen molar-refractivity contribution in [3.8, 4) is 0 Å². The van der Waals surface area contributed by atoms with Crippen molar-refractivity contribution < 1.29 is 8.42 Å². The molecule has 11 heteroatoms. The minimum atomic E-state index is -3.79. The number of rotatable bonds is 3. The SMILES string of the molecule is Cn1nnc(Br)c1S(=O)(=O)Nc1ncn[nH]1. The van der Waals surface area contributed by atoms with E-state index in [2.05, 4.69) is 46.1 Å². The molecule has 2 aromatic heterocycles. The number of sulfonamides is 1. The Labute approximate surface area is 98.4 Å². The van der Waals surface area contributed by atoms with Gasteiger partial charge in [0.05, 0.1) is 0 Å². The average molecular weight is 308 g/mol. The van der Waals surface area contributed by atoms with E-state index in [0.29, 0.717) is 0 Å². The summed E-state index contributed by atoms with van der Waals surface area (Å²) < 4.78 is 27.2. The van der Waals surface area contributed by atoms with Gasteiger partial charge in [-0.2, -0.15) is 18.5 Å². The minimum Gasteiger partial charge on any atom is -0.246 e. The van der Waals surface area contributed by atoms with Gasteiger partial charge in [-0.3, -0.25) is 0 Å². The van der Waals surface area contributed by atoms with Crippen LogP contribution in [-0.4, -0.2) is 38.6 Å². The minimum absolute atomic E-state index is 0.0214. The molecule has 0 saturated heterocycles. The lowest BCUT2D eigenvalue weighted by atomic mass is 10.9. The molecule has 16 heavy (non-hydrogen) atoms. The van der Waals surface area contributed by atoms with Crippen molar-refractivity contribution in [1.82, 2.24) is 30.2 Å². The maximum atomic E-state index is 11.9. The second-order valence-electron chi connectivity index (χ2n) is 2.75. The summed E-state index contributed by atoms with van der Waals surface area (Å²) in [6.07, 6.45) is 1.19. The van der Waals surface area contributed by atoms with Gasteiger partial charge in [0.2, 0.25) is 11.0 Å². The van der Waals surface area contributed by atoms with Crippen LogP contribution in [0.1, 0.15) is 0 Å². The first-order valence-electron chi connectivity index (χ1n) is 3.94. The number of H-pyrrole nitrogens is 1. The number of nitrogens with zero attached hydrogens (tertiary/aromatic N) is 5. The number of nitrogens with one attached hydrogen (secondary N) is 2. The maximum Gasteiger partial charge on any atom is 0.284 e. The van der Waals surface area contributed by atoms with Crippen molar-refractivity contribution in [2.24, 2.45) is 7.05 Å². The van der Waals surface area contributed by atoms with Crippen molar-refractivity contribution in [2.45, 2.75) is 5.03 Å². The number of aromatic nitrogens is 6. The fourth-order valence-electron chi connectivity index (χ4n) is 1.04. The smallest absolute Gasteiger partial charge is 0.246 e. The number of hydrogen-bond donors (Lipinski definition) is 2. The topological polar surface area (TPSA) is 118 Å². The third-order valence-corrected chi connectivity index (χ3v) is 3.86. The van der Waals surface area contributed by atoms with E-state index in [1.165, 1.54) is 13.4 Å². The maximum absolute atomic E-state index is 11.9. The lowest BCUT2D eigenvalue weighted by Crippen LogP contribution is -2.18. The van der Waals surface area contributed by atoms with E-state index in [0.717, 1.165) is 4.68 Å². The largest absolute Gasteiger partial charge is 0.284 e. The molecule has 2 heterocycles. The highest BCUT2D eigenvalue weighted by Gasteiger charge is 2.24. The molecule has 0 saturated carbocycles. The Morgan fingerprint density at radius 3 is 2.81 bits per heavy atom. The van der Waals surface area contributed by atoms with Crippen LogP contribution in [0.3, 0.4) is 0 Å². The Balaban J connectivity index is 2.40. The van der Waals surface area contributed by atoms with Crippen molar-refractivity contribution in [1.29, 1.82) is 0 Å². The molecule has 9 nitrogen and oxygen atoms in total. The zero-order valence-corrected chi connectivity index (χ0v) is 10.3. The Kier molecular flexibility index (Phi) is 2.63. The van der Waals surface area contributed by atoms with Gasteiger partial charge in [-0.15, -0.1) is 5.10 Å². The van der Waals surface area contributed by atoms with Gasteiger partial charge < -0.3 is 0 Å². The first-order valence-corrected chi connectivity index (χ1v) is 6.21. The molecule has 0 fully saturated rings. The highest BCUT2D eigenvalue weighted by molar-refractivity contribution is 9.10. The molecule has 0 amide bonds. The number of aryl methyl sites for hydroxylation is 1. The summed E-state index contributed by atoms with van der Waals surface area (Å²) in [5.74, 6) is 0.0214. The Morgan fingerprint density at radius 2 is 2.31 bits per heavy atom. The molecular formula is C5H6BrN7O2S. The molecule has 0 spiro atoms. The van der Waals surface area contributed by atoms with Gasteiger partial charge >= 0.3 is 0 Å². The molecular weight excluding hydrogens is 302 g/mol. The second-order valence-corrected chi connectivity index (χ2v) is 5.10. The van der Waals surface area contributed by atoms with Crippen LogP contribution in [0.4, 0.5) is 5.95 Å². The quantitative estimate of drug-likeness (QED) is 0.789. The number of aromatic amines is 1. The lowest BCUT2D eigenvalue weighted by molar-refractivity contribution is 0.578. The average Bonchev–Trinajstić information content (AvgIpc) is 2.76.